The third kappa shape index (κ3) is 1.66. The molecular formula is C14H14N2O2. The molecule has 1 amide bonds. The zero-order chi connectivity index (χ0) is 12.7. The number of benzene rings is 1. The van der Waals surface area contributed by atoms with Gasteiger partial charge in [0, 0.05) is 17.9 Å². The highest BCUT2D eigenvalue weighted by atomic mass is 16.3. The molecule has 0 unspecified atom stereocenters. The van der Waals surface area contributed by atoms with Crippen LogP contribution in [-0.2, 0) is 6.42 Å². The van der Waals surface area contributed by atoms with Gasteiger partial charge in [0.15, 0.2) is 0 Å². The molecule has 1 aromatic carbocycles. The van der Waals surface area contributed by atoms with Gasteiger partial charge in [0.1, 0.15) is 12.0 Å². The van der Waals surface area contributed by atoms with Gasteiger partial charge in [0.25, 0.3) is 5.91 Å². The van der Waals surface area contributed by atoms with E-state index in [-0.39, 0.29) is 5.91 Å². The molecule has 0 saturated heterocycles. The van der Waals surface area contributed by atoms with Crippen LogP contribution in [0.3, 0.4) is 0 Å². The average Bonchev–Trinajstić information content (AvgIpc) is 2.94. The highest BCUT2D eigenvalue weighted by Crippen LogP contribution is 2.30. The second-order valence-electron chi connectivity index (χ2n) is 4.54. The summed E-state index contributed by atoms with van der Waals surface area (Å²) in [6.45, 7) is 2.53. The van der Waals surface area contributed by atoms with Gasteiger partial charge in [-0.25, -0.2) is 0 Å². The summed E-state index contributed by atoms with van der Waals surface area (Å²) in [6, 6.07) is 7.43. The summed E-state index contributed by atoms with van der Waals surface area (Å²) in [5.41, 5.74) is 9.16. The second-order valence-corrected chi connectivity index (χ2v) is 4.54. The third-order valence-corrected chi connectivity index (χ3v) is 3.22. The van der Waals surface area contributed by atoms with Crippen molar-refractivity contribution in [3.8, 4) is 0 Å². The van der Waals surface area contributed by atoms with Crippen LogP contribution in [0.5, 0.6) is 0 Å². The Balaban J connectivity index is 1.95. The van der Waals surface area contributed by atoms with Crippen LogP contribution < -0.4 is 10.6 Å². The standard InChI is InChI=1S/C14H14N2O2/c1-9-6-11(8-18-9)14(17)16-5-4-10-7-12(15)2-3-13(10)16/h2-3,6-8H,4-5,15H2,1H3. The van der Waals surface area contributed by atoms with Gasteiger partial charge in [0.2, 0.25) is 0 Å². The minimum Gasteiger partial charge on any atom is -0.469 e. The molecule has 2 heterocycles. The second kappa shape index (κ2) is 3.91. The number of fused-ring (bicyclic) bond motifs is 1. The highest BCUT2D eigenvalue weighted by molar-refractivity contribution is 6.07. The van der Waals surface area contributed by atoms with E-state index in [9.17, 15) is 4.79 Å². The third-order valence-electron chi connectivity index (χ3n) is 3.22. The molecule has 1 aliphatic heterocycles. The maximum atomic E-state index is 12.3. The quantitative estimate of drug-likeness (QED) is 0.781. The Labute approximate surface area is 105 Å². The van der Waals surface area contributed by atoms with Crippen molar-refractivity contribution < 1.29 is 9.21 Å². The maximum absolute atomic E-state index is 12.3. The number of anilines is 2. The van der Waals surface area contributed by atoms with Crippen LogP contribution in [0.25, 0.3) is 0 Å². The number of nitrogens with zero attached hydrogens (tertiary/aromatic N) is 1. The lowest BCUT2D eigenvalue weighted by Gasteiger charge is -2.16. The van der Waals surface area contributed by atoms with Crippen LogP contribution in [0.4, 0.5) is 11.4 Å². The van der Waals surface area contributed by atoms with Gasteiger partial charge in [-0.1, -0.05) is 0 Å². The van der Waals surface area contributed by atoms with Gasteiger partial charge in [-0.05, 0) is 43.2 Å². The van der Waals surface area contributed by atoms with Crippen LogP contribution in [0.2, 0.25) is 0 Å². The Morgan fingerprint density at radius 3 is 2.94 bits per heavy atom. The molecule has 2 aromatic rings. The van der Waals surface area contributed by atoms with Crippen LogP contribution in [0, 0.1) is 6.92 Å². The number of amides is 1. The molecule has 0 radical (unpaired) electrons. The number of aryl methyl sites for hydroxylation is 1. The van der Waals surface area contributed by atoms with Gasteiger partial charge >= 0.3 is 0 Å². The fourth-order valence-electron chi connectivity index (χ4n) is 2.34. The van der Waals surface area contributed by atoms with Crippen molar-refractivity contribution in [2.24, 2.45) is 0 Å². The van der Waals surface area contributed by atoms with Crippen molar-refractivity contribution >= 4 is 17.3 Å². The smallest absolute Gasteiger partial charge is 0.261 e. The normalized spacial score (nSPS) is 13.7. The Hall–Kier alpha value is -2.23. The minimum atomic E-state index is -0.0182. The summed E-state index contributed by atoms with van der Waals surface area (Å²) in [6.07, 6.45) is 2.36. The summed E-state index contributed by atoms with van der Waals surface area (Å²) in [5, 5.41) is 0. The number of rotatable bonds is 1. The predicted molar refractivity (Wildman–Crippen MR) is 69.7 cm³/mol. The highest BCUT2D eigenvalue weighted by Gasteiger charge is 2.26. The molecule has 3 rings (SSSR count). The summed E-state index contributed by atoms with van der Waals surface area (Å²) >= 11 is 0. The van der Waals surface area contributed by atoms with Crippen molar-refractivity contribution in [2.75, 3.05) is 17.2 Å². The van der Waals surface area contributed by atoms with E-state index >= 15 is 0 Å². The number of nitrogens with two attached hydrogens (primary N) is 1. The molecule has 0 aliphatic carbocycles. The Bertz CT molecular complexity index is 616. The molecule has 18 heavy (non-hydrogen) atoms. The van der Waals surface area contributed by atoms with Crippen LogP contribution in [0.15, 0.2) is 34.9 Å². The van der Waals surface area contributed by atoms with Crippen LogP contribution in [0.1, 0.15) is 21.7 Å². The summed E-state index contributed by atoms with van der Waals surface area (Å²) in [7, 11) is 0. The lowest BCUT2D eigenvalue weighted by atomic mass is 10.1. The van der Waals surface area contributed by atoms with Gasteiger partial charge in [-0.3, -0.25) is 4.79 Å². The van der Waals surface area contributed by atoms with Crippen LogP contribution >= 0.6 is 0 Å². The van der Waals surface area contributed by atoms with Gasteiger partial charge in [0.05, 0.1) is 5.56 Å². The van der Waals surface area contributed by atoms with Crippen molar-refractivity contribution in [3.63, 3.8) is 0 Å². The number of carbonyl (C=O) groups excluding carboxylic acids is 1. The zero-order valence-corrected chi connectivity index (χ0v) is 10.1. The first-order valence-corrected chi connectivity index (χ1v) is 5.90. The first-order chi connectivity index (χ1) is 8.65. The Morgan fingerprint density at radius 2 is 2.22 bits per heavy atom. The van der Waals surface area contributed by atoms with Gasteiger partial charge in [-0.15, -0.1) is 0 Å². The summed E-state index contributed by atoms with van der Waals surface area (Å²) in [5.74, 6) is 0.727. The number of carbonyl (C=O) groups is 1. The molecule has 0 spiro atoms. The topological polar surface area (TPSA) is 59.5 Å². The number of nitrogen functional groups attached to an aromatic ring is 1. The predicted octanol–water partition coefficient (Wildman–Crippen LogP) is 2.37. The molecule has 4 nitrogen and oxygen atoms in total. The van der Waals surface area contributed by atoms with E-state index in [0.29, 0.717) is 12.1 Å². The Morgan fingerprint density at radius 1 is 1.39 bits per heavy atom. The first-order valence-electron chi connectivity index (χ1n) is 5.90. The number of hydrogen-bond acceptors (Lipinski definition) is 3. The van der Waals surface area contributed by atoms with Crippen molar-refractivity contribution in [1.29, 1.82) is 0 Å². The molecule has 0 saturated carbocycles. The van der Waals surface area contributed by atoms with Gasteiger partial charge < -0.3 is 15.1 Å². The van der Waals surface area contributed by atoms with E-state index in [0.717, 1.165) is 29.1 Å². The van der Waals surface area contributed by atoms with Gasteiger partial charge in [-0.2, -0.15) is 0 Å². The zero-order valence-electron chi connectivity index (χ0n) is 10.1. The molecule has 2 N–H and O–H groups in total. The Kier molecular flexibility index (Phi) is 2.37. The van der Waals surface area contributed by atoms with Crippen LogP contribution in [-0.4, -0.2) is 12.5 Å². The average molecular weight is 242 g/mol. The molecular weight excluding hydrogens is 228 g/mol. The molecule has 0 fully saturated rings. The monoisotopic (exact) mass is 242 g/mol. The maximum Gasteiger partial charge on any atom is 0.261 e. The molecule has 4 heteroatoms. The fraction of sp³-hybridized carbons (Fsp3) is 0.214. The molecule has 1 aromatic heterocycles. The lowest BCUT2D eigenvalue weighted by Crippen LogP contribution is -2.28. The molecule has 1 aliphatic rings. The SMILES string of the molecule is Cc1cc(C(=O)N2CCc3cc(N)ccc32)co1. The molecule has 0 atom stereocenters. The van der Waals surface area contributed by atoms with Crippen molar-refractivity contribution in [2.45, 2.75) is 13.3 Å². The lowest BCUT2D eigenvalue weighted by molar-refractivity contribution is 0.0989. The number of furan rings is 1. The van der Waals surface area contributed by atoms with Crippen molar-refractivity contribution in [1.82, 2.24) is 0 Å². The first kappa shape index (κ1) is 10.9. The van der Waals surface area contributed by atoms with Crippen molar-refractivity contribution in [3.05, 3.63) is 47.4 Å². The molecule has 92 valence electrons. The van der Waals surface area contributed by atoms with E-state index in [1.165, 1.54) is 6.26 Å². The summed E-state index contributed by atoms with van der Waals surface area (Å²) in [4.78, 5) is 14.1. The summed E-state index contributed by atoms with van der Waals surface area (Å²) < 4.78 is 5.18. The van der Waals surface area contributed by atoms with E-state index in [1.807, 2.05) is 25.1 Å². The largest absolute Gasteiger partial charge is 0.469 e. The van der Waals surface area contributed by atoms with E-state index in [4.69, 9.17) is 10.2 Å². The van der Waals surface area contributed by atoms with E-state index in [2.05, 4.69) is 0 Å². The van der Waals surface area contributed by atoms with E-state index < -0.39 is 0 Å². The fourth-order valence-corrected chi connectivity index (χ4v) is 2.34. The molecule has 0 bridgehead atoms. The van der Waals surface area contributed by atoms with E-state index in [1.54, 1.807) is 11.0 Å². The minimum absolute atomic E-state index is 0.0182. The number of hydrogen-bond donors (Lipinski definition) is 1.